The van der Waals surface area contributed by atoms with Gasteiger partial charge in [0.2, 0.25) is 0 Å². The first kappa shape index (κ1) is 16.6. The molecular weight excluding hydrogens is 338 g/mol. The minimum Gasteiger partial charge on any atom is -0.497 e. The summed E-state index contributed by atoms with van der Waals surface area (Å²) in [6.45, 7) is 2.12. The highest BCUT2D eigenvalue weighted by atomic mass is 16.5. The van der Waals surface area contributed by atoms with Gasteiger partial charge in [-0.1, -0.05) is 6.07 Å². The second kappa shape index (κ2) is 5.15. The summed E-state index contributed by atoms with van der Waals surface area (Å²) in [6.07, 6.45) is 7.59. The van der Waals surface area contributed by atoms with Crippen molar-refractivity contribution in [2.24, 2.45) is 11.3 Å². The van der Waals surface area contributed by atoms with Crippen LogP contribution in [0, 0.1) is 11.3 Å². The van der Waals surface area contributed by atoms with Gasteiger partial charge in [-0.15, -0.1) is 0 Å². The molecule has 1 aromatic carbocycles. The number of ketones is 1. The summed E-state index contributed by atoms with van der Waals surface area (Å²) in [4.78, 5) is 15.7. The molecule has 1 aromatic rings. The molecule has 5 aliphatic rings. The Morgan fingerprint density at radius 1 is 1.26 bits per heavy atom. The van der Waals surface area contributed by atoms with Crippen LogP contribution in [0.1, 0.15) is 56.1 Å². The third-order valence-corrected chi connectivity index (χ3v) is 8.60. The number of carbonyl (C=O) groups is 1. The van der Waals surface area contributed by atoms with Crippen LogP contribution in [0.2, 0.25) is 0 Å². The number of rotatable bonds is 3. The second-order valence-electron chi connectivity index (χ2n) is 9.99. The van der Waals surface area contributed by atoms with Crippen molar-refractivity contribution in [3.63, 3.8) is 0 Å². The lowest BCUT2D eigenvalue weighted by Gasteiger charge is -2.64. The molecule has 3 atom stereocenters. The number of Topliss-reactive ketones (excluding diaryl/α,β-unsaturated/α-hetero) is 1. The number of piperidine rings is 1. The molecule has 6 rings (SSSR count). The standard InChI is InChI=1S/C23H29NO3/c1-27-17-5-4-16-10-19-23(26)14-21(6-7-21)20(25)12-22(23,18(16)11-17)8-9-24(19)13-15-2-3-15/h4-5,11,15,19,26H,2-3,6-10,12-14H2,1H3/t19-,22-,23-/m1/s1. The van der Waals surface area contributed by atoms with Gasteiger partial charge in [0, 0.05) is 29.8 Å². The average molecular weight is 367 g/mol. The van der Waals surface area contributed by atoms with E-state index in [1.165, 1.54) is 24.0 Å². The van der Waals surface area contributed by atoms with E-state index in [1.54, 1.807) is 7.11 Å². The van der Waals surface area contributed by atoms with Crippen molar-refractivity contribution in [3.05, 3.63) is 29.3 Å². The fourth-order valence-corrected chi connectivity index (χ4v) is 6.66. The van der Waals surface area contributed by atoms with Crippen LogP contribution in [-0.2, 0) is 16.6 Å². The molecule has 0 unspecified atom stereocenters. The molecule has 3 saturated carbocycles. The van der Waals surface area contributed by atoms with Crippen LogP contribution >= 0.6 is 0 Å². The normalized spacial score (nSPS) is 39.0. The summed E-state index contributed by atoms with van der Waals surface area (Å²) in [6, 6.07) is 6.48. The van der Waals surface area contributed by atoms with E-state index in [9.17, 15) is 9.90 Å². The van der Waals surface area contributed by atoms with Crippen molar-refractivity contribution in [1.29, 1.82) is 0 Å². The lowest BCUT2D eigenvalue weighted by atomic mass is 9.47. The predicted octanol–water partition coefficient (Wildman–Crippen LogP) is 2.85. The lowest BCUT2D eigenvalue weighted by Crippen LogP contribution is -2.74. The largest absolute Gasteiger partial charge is 0.497 e. The van der Waals surface area contributed by atoms with E-state index in [0.717, 1.165) is 50.4 Å². The maximum absolute atomic E-state index is 13.1. The first-order chi connectivity index (χ1) is 13.0. The SMILES string of the molecule is COc1ccc2c(c1)[C@]13CCN(CC4CC4)[C@H](C2)[C@]1(O)CC1(CC1)C(=O)C3. The van der Waals surface area contributed by atoms with E-state index in [1.807, 2.05) is 6.07 Å². The number of hydrogen-bond acceptors (Lipinski definition) is 4. The molecule has 1 spiro atoms. The minimum atomic E-state index is -0.788. The molecule has 144 valence electrons. The maximum atomic E-state index is 13.1. The molecular formula is C23H29NO3. The van der Waals surface area contributed by atoms with Gasteiger partial charge in [0.15, 0.2) is 0 Å². The number of fused-ring (bicyclic) bond motifs is 1. The molecule has 0 radical (unpaired) electrons. The van der Waals surface area contributed by atoms with Gasteiger partial charge in [-0.05, 0) is 80.7 Å². The number of aliphatic hydroxyl groups is 1. The Morgan fingerprint density at radius 3 is 2.78 bits per heavy atom. The third-order valence-electron chi connectivity index (χ3n) is 8.60. The molecule has 1 aliphatic heterocycles. The van der Waals surface area contributed by atoms with Crippen LogP contribution in [0.15, 0.2) is 18.2 Å². The third kappa shape index (κ3) is 2.09. The van der Waals surface area contributed by atoms with Gasteiger partial charge < -0.3 is 9.84 Å². The predicted molar refractivity (Wildman–Crippen MR) is 102 cm³/mol. The molecule has 4 aliphatic carbocycles. The van der Waals surface area contributed by atoms with Gasteiger partial charge in [0.25, 0.3) is 0 Å². The quantitative estimate of drug-likeness (QED) is 0.893. The molecule has 0 aromatic heterocycles. The molecule has 4 fully saturated rings. The maximum Gasteiger partial charge on any atom is 0.140 e. The van der Waals surface area contributed by atoms with E-state index in [2.05, 4.69) is 17.0 Å². The Balaban J connectivity index is 1.51. The number of nitrogens with zero attached hydrogens (tertiary/aromatic N) is 1. The Bertz CT molecular complexity index is 827. The first-order valence-corrected chi connectivity index (χ1v) is 10.7. The van der Waals surface area contributed by atoms with E-state index in [4.69, 9.17) is 4.74 Å². The van der Waals surface area contributed by atoms with Gasteiger partial charge in [-0.2, -0.15) is 0 Å². The summed E-state index contributed by atoms with van der Waals surface area (Å²) in [5, 5.41) is 12.3. The zero-order valence-electron chi connectivity index (χ0n) is 16.2. The van der Waals surface area contributed by atoms with Crippen molar-refractivity contribution in [2.75, 3.05) is 20.2 Å². The zero-order chi connectivity index (χ0) is 18.4. The van der Waals surface area contributed by atoms with E-state index < -0.39 is 11.0 Å². The van der Waals surface area contributed by atoms with E-state index in [0.29, 0.717) is 18.6 Å². The number of methoxy groups -OCH3 is 1. The van der Waals surface area contributed by atoms with Crippen molar-refractivity contribution >= 4 is 5.78 Å². The highest BCUT2D eigenvalue weighted by Gasteiger charge is 2.71. The topological polar surface area (TPSA) is 49.8 Å². The van der Waals surface area contributed by atoms with Gasteiger partial charge in [0.1, 0.15) is 11.5 Å². The minimum absolute atomic E-state index is 0.151. The zero-order valence-corrected chi connectivity index (χ0v) is 16.2. The number of ether oxygens (including phenoxy) is 1. The van der Waals surface area contributed by atoms with Crippen LogP contribution < -0.4 is 4.74 Å². The average Bonchev–Trinajstić information content (AvgIpc) is 3.56. The number of likely N-dealkylation sites (tertiary alicyclic amines) is 1. The van der Waals surface area contributed by atoms with Crippen LogP contribution in [0.5, 0.6) is 5.75 Å². The van der Waals surface area contributed by atoms with Crippen LogP contribution in [0.4, 0.5) is 0 Å². The Labute approximate surface area is 160 Å². The lowest BCUT2D eigenvalue weighted by molar-refractivity contribution is -0.184. The molecule has 1 heterocycles. The fraction of sp³-hybridized carbons (Fsp3) is 0.696. The van der Waals surface area contributed by atoms with Gasteiger partial charge in [-0.3, -0.25) is 9.69 Å². The Kier molecular flexibility index (Phi) is 3.16. The molecule has 1 N–H and O–H groups in total. The van der Waals surface area contributed by atoms with Crippen LogP contribution in [0.25, 0.3) is 0 Å². The number of hydrogen-bond donors (Lipinski definition) is 1. The smallest absolute Gasteiger partial charge is 0.140 e. The molecule has 27 heavy (non-hydrogen) atoms. The van der Waals surface area contributed by atoms with Crippen molar-refractivity contribution in [1.82, 2.24) is 4.90 Å². The van der Waals surface area contributed by atoms with Gasteiger partial charge >= 0.3 is 0 Å². The fourth-order valence-electron chi connectivity index (χ4n) is 6.66. The molecule has 0 amide bonds. The van der Waals surface area contributed by atoms with Gasteiger partial charge in [0.05, 0.1) is 12.7 Å². The second-order valence-corrected chi connectivity index (χ2v) is 9.99. The molecule has 4 heteroatoms. The summed E-state index contributed by atoms with van der Waals surface area (Å²) in [5.74, 6) is 2.05. The van der Waals surface area contributed by atoms with Gasteiger partial charge in [-0.25, -0.2) is 0 Å². The Morgan fingerprint density at radius 2 is 2.07 bits per heavy atom. The van der Waals surface area contributed by atoms with E-state index in [-0.39, 0.29) is 11.5 Å². The molecule has 4 nitrogen and oxygen atoms in total. The number of benzene rings is 1. The summed E-state index contributed by atoms with van der Waals surface area (Å²) in [5.41, 5.74) is 1.07. The highest BCUT2D eigenvalue weighted by molar-refractivity contribution is 5.90. The van der Waals surface area contributed by atoms with Crippen LogP contribution in [0.3, 0.4) is 0 Å². The molecule has 2 bridgehead atoms. The summed E-state index contributed by atoms with van der Waals surface area (Å²) < 4.78 is 5.51. The summed E-state index contributed by atoms with van der Waals surface area (Å²) in [7, 11) is 1.70. The molecule has 1 saturated heterocycles. The van der Waals surface area contributed by atoms with Crippen molar-refractivity contribution < 1.29 is 14.6 Å². The summed E-state index contributed by atoms with van der Waals surface area (Å²) >= 11 is 0. The Hall–Kier alpha value is -1.39. The van der Waals surface area contributed by atoms with Crippen molar-refractivity contribution in [2.45, 2.75) is 68.4 Å². The van der Waals surface area contributed by atoms with Crippen molar-refractivity contribution in [3.8, 4) is 5.75 Å². The first-order valence-electron chi connectivity index (χ1n) is 10.7. The van der Waals surface area contributed by atoms with E-state index >= 15 is 0 Å². The highest BCUT2D eigenvalue weighted by Crippen LogP contribution is 2.66. The van der Waals surface area contributed by atoms with Crippen LogP contribution in [-0.4, -0.2) is 47.6 Å². The monoisotopic (exact) mass is 367 g/mol. The number of carbonyl (C=O) groups excluding carboxylic acids is 1.